The molecule has 1 aliphatic rings. The predicted octanol–water partition coefficient (Wildman–Crippen LogP) is 1.12. The van der Waals surface area contributed by atoms with Gasteiger partial charge in [0.2, 0.25) is 0 Å². The van der Waals surface area contributed by atoms with Crippen LogP contribution in [0.2, 0.25) is 0 Å². The zero-order valence-electron chi connectivity index (χ0n) is 9.19. The number of hydrogen-bond acceptors (Lipinski definition) is 2. The van der Waals surface area contributed by atoms with Gasteiger partial charge in [0.15, 0.2) is 0 Å². The molecule has 0 unspecified atom stereocenters. The molecular formula is C12H14N2O2. The molecule has 0 amide bonds. The first-order valence-electron chi connectivity index (χ1n) is 5.32. The molecule has 0 aromatic carbocycles. The molecule has 4 nitrogen and oxygen atoms in total. The summed E-state index contributed by atoms with van der Waals surface area (Å²) in [6, 6.07) is 0. The Balaban J connectivity index is 2.13. The molecule has 1 N–H and O–H groups in total. The molecule has 0 saturated heterocycles. The predicted molar refractivity (Wildman–Crippen MR) is 62.5 cm³/mol. The van der Waals surface area contributed by atoms with E-state index in [1.165, 1.54) is 5.57 Å². The molecule has 0 aliphatic heterocycles. The van der Waals surface area contributed by atoms with Crippen molar-refractivity contribution in [1.29, 1.82) is 0 Å². The summed E-state index contributed by atoms with van der Waals surface area (Å²) in [4.78, 5) is 24.9. The Kier molecular flexibility index (Phi) is 2.90. The van der Waals surface area contributed by atoms with E-state index in [9.17, 15) is 9.59 Å². The highest BCUT2D eigenvalue weighted by atomic mass is 16.2. The normalized spacial score (nSPS) is 14.2. The average Bonchev–Trinajstić information content (AvgIpc) is 2.74. The third-order valence-corrected chi connectivity index (χ3v) is 2.71. The summed E-state index contributed by atoms with van der Waals surface area (Å²) in [6.45, 7) is 2.31. The molecule has 1 aromatic rings. The second-order valence-corrected chi connectivity index (χ2v) is 3.97. The Morgan fingerprint density at radius 2 is 2.25 bits per heavy atom. The monoisotopic (exact) mass is 218 g/mol. The molecule has 16 heavy (non-hydrogen) atoms. The van der Waals surface area contributed by atoms with Crippen molar-refractivity contribution in [3.63, 3.8) is 0 Å². The molecule has 0 fully saturated rings. The summed E-state index contributed by atoms with van der Waals surface area (Å²) in [5, 5.41) is 0. The van der Waals surface area contributed by atoms with Gasteiger partial charge in [-0.2, -0.15) is 0 Å². The molecule has 1 heterocycles. The van der Waals surface area contributed by atoms with Crippen molar-refractivity contribution in [3.05, 3.63) is 56.4 Å². The standard InChI is InChI=1S/C12H14N2O2/c1-9-8-14(12(16)13-11(9)15)7-6-10-4-2-3-5-10/h2-4,8H,5-7H2,1H3,(H,13,15,16). The highest BCUT2D eigenvalue weighted by Crippen LogP contribution is 2.14. The second-order valence-electron chi connectivity index (χ2n) is 3.97. The first-order chi connectivity index (χ1) is 7.66. The minimum absolute atomic E-state index is 0.303. The van der Waals surface area contributed by atoms with Crippen LogP contribution in [0, 0.1) is 6.92 Å². The lowest BCUT2D eigenvalue weighted by Crippen LogP contribution is -2.30. The van der Waals surface area contributed by atoms with Crippen LogP contribution >= 0.6 is 0 Å². The van der Waals surface area contributed by atoms with Crippen molar-refractivity contribution in [3.8, 4) is 0 Å². The van der Waals surface area contributed by atoms with Crippen LogP contribution in [0.4, 0.5) is 0 Å². The fourth-order valence-electron chi connectivity index (χ4n) is 1.73. The number of aromatic nitrogens is 2. The smallest absolute Gasteiger partial charge is 0.300 e. The molecule has 0 spiro atoms. The van der Waals surface area contributed by atoms with E-state index in [1.54, 1.807) is 17.7 Å². The van der Waals surface area contributed by atoms with E-state index in [2.05, 4.69) is 17.1 Å². The Hall–Kier alpha value is -1.84. The fourth-order valence-corrected chi connectivity index (χ4v) is 1.73. The number of aromatic amines is 1. The summed E-state index contributed by atoms with van der Waals surface area (Å²) >= 11 is 0. The van der Waals surface area contributed by atoms with Gasteiger partial charge in [-0.3, -0.25) is 9.78 Å². The molecule has 0 saturated carbocycles. The number of allylic oxidation sites excluding steroid dienone is 4. The van der Waals surface area contributed by atoms with E-state index in [4.69, 9.17) is 0 Å². The van der Waals surface area contributed by atoms with Crippen molar-refractivity contribution in [2.24, 2.45) is 0 Å². The van der Waals surface area contributed by atoms with Gasteiger partial charge in [-0.25, -0.2) is 4.79 Å². The zero-order chi connectivity index (χ0) is 11.5. The quantitative estimate of drug-likeness (QED) is 0.826. The van der Waals surface area contributed by atoms with Crippen LogP contribution in [-0.2, 0) is 6.54 Å². The minimum Gasteiger partial charge on any atom is -0.300 e. The van der Waals surface area contributed by atoms with Gasteiger partial charge in [-0.15, -0.1) is 0 Å². The minimum atomic E-state index is -0.331. The summed E-state index contributed by atoms with van der Waals surface area (Å²) in [7, 11) is 0. The Morgan fingerprint density at radius 1 is 1.44 bits per heavy atom. The first kappa shape index (κ1) is 10.7. The summed E-state index contributed by atoms with van der Waals surface area (Å²) < 4.78 is 1.55. The van der Waals surface area contributed by atoms with E-state index in [0.29, 0.717) is 12.1 Å². The maximum absolute atomic E-state index is 11.5. The van der Waals surface area contributed by atoms with E-state index >= 15 is 0 Å². The lowest BCUT2D eigenvalue weighted by molar-refractivity contribution is 0.635. The maximum Gasteiger partial charge on any atom is 0.328 e. The van der Waals surface area contributed by atoms with Crippen LogP contribution in [0.15, 0.2) is 39.6 Å². The molecule has 2 rings (SSSR count). The lowest BCUT2D eigenvalue weighted by atomic mass is 10.1. The van der Waals surface area contributed by atoms with Gasteiger partial charge in [0.05, 0.1) is 0 Å². The average molecular weight is 218 g/mol. The highest BCUT2D eigenvalue weighted by Gasteiger charge is 2.03. The van der Waals surface area contributed by atoms with Crippen LogP contribution in [0.5, 0.6) is 0 Å². The van der Waals surface area contributed by atoms with Gasteiger partial charge in [0, 0.05) is 18.3 Å². The van der Waals surface area contributed by atoms with Crippen LogP contribution in [0.25, 0.3) is 0 Å². The Bertz CT molecular complexity index is 561. The topological polar surface area (TPSA) is 54.9 Å². The fraction of sp³-hybridized carbons (Fsp3) is 0.333. The SMILES string of the molecule is Cc1cn(CCC2=CC=CC2)c(=O)[nH]c1=O. The van der Waals surface area contributed by atoms with Crippen LogP contribution in [0.3, 0.4) is 0 Å². The third-order valence-electron chi connectivity index (χ3n) is 2.71. The van der Waals surface area contributed by atoms with E-state index in [1.807, 2.05) is 6.08 Å². The third kappa shape index (κ3) is 2.21. The van der Waals surface area contributed by atoms with Crippen LogP contribution in [0.1, 0.15) is 18.4 Å². The van der Waals surface area contributed by atoms with Crippen molar-refractivity contribution in [2.75, 3.05) is 0 Å². The molecule has 0 bridgehead atoms. The van der Waals surface area contributed by atoms with Crippen LogP contribution < -0.4 is 11.2 Å². The van der Waals surface area contributed by atoms with Gasteiger partial charge >= 0.3 is 5.69 Å². The van der Waals surface area contributed by atoms with Crippen molar-refractivity contribution < 1.29 is 0 Å². The molecule has 4 heteroatoms. The van der Waals surface area contributed by atoms with Crippen molar-refractivity contribution in [1.82, 2.24) is 9.55 Å². The summed E-state index contributed by atoms with van der Waals surface area (Å²) in [5.74, 6) is 0. The second kappa shape index (κ2) is 4.35. The van der Waals surface area contributed by atoms with Gasteiger partial charge in [0.25, 0.3) is 5.56 Å². The molecular weight excluding hydrogens is 204 g/mol. The maximum atomic E-state index is 11.5. The zero-order valence-corrected chi connectivity index (χ0v) is 9.19. The Morgan fingerprint density at radius 3 is 2.94 bits per heavy atom. The van der Waals surface area contributed by atoms with E-state index in [-0.39, 0.29) is 11.2 Å². The largest absolute Gasteiger partial charge is 0.328 e. The van der Waals surface area contributed by atoms with E-state index in [0.717, 1.165) is 12.8 Å². The molecule has 0 atom stereocenters. The summed E-state index contributed by atoms with van der Waals surface area (Å²) in [6.07, 6.45) is 9.62. The highest BCUT2D eigenvalue weighted by molar-refractivity contribution is 5.22. The Labute approximate surface area is 92.9 Å². The van der Waals surface area contributed by atoms with Crippen molar-refractivity contribution in [2.45, 2.75) is 26.3 Å². The number of rotatable bonds is 3. The van der Waals surface area contributed by atoms with E-state index < -0.39 is 0 Å². The number of hydrogen-bond donors (Lipinski definition) is 1. The van der Waals surface area contributed by atoms with Gasteiger partial charge in [-0.1, -0.05) is 23.8 Å². The summed E-state index contributed by atoms with van der Waals surface area (Å²) in [5.41, 5.74) is 1.25. The first-order valence-corrected chi connectivity index (χ1v) is 5.32. The number of aryl methyl sites for hydroxylation is 2. The van der Waals surface area contributed by atoms with Crippen molar-refractivity contribution >= 4 is 0 Å². The van der Waals surface area contributed by atoms with Gasteiger partial charge < -0.3 is 4.57 Å². The van der Waals surface area contributed by atoms with Gasteiger partial charge in [0.1, 0.15) is 0 Å². The number of nitrogens with zero attached hydrogens (tertiary/aromatic N) is 1. The van der Waals surface area contributed by atoms with Gasteiger partial charge in [-0.05, 0) is 19.8 Å². The number of nitrogens with one attached hydrogen (secondary N) is 1. The molecule has 0 radical (unpaired) electrons. The lowest BCUT2D eigenvalue weighted by Gasteiger charge is -2.06. The van der Waals surface area contributed by atoms with Crippen LogP contribution in [-0.4, -0.2) is 9.55 Å². The molecule has 1 aliphatic carbocycles. The molecule has 1 aromatic heterocycles. The molecule has 84 valence electrons. The number of H-pyrrole nitrogens is 1.